The third-order valence-electron chi connectivity index (χ3n) is 6.12. The summed E-state index contributed by atoms with van der Waals surface area (Å²) in [6.45, 7) is 0.640. The highest BCUT2D eigenvalue weighted by Crippen LogP contribution is 2.26. The van der Waals surface area contributed by atoms with Gasteiger partial charge in [0.25, 0.3) is 5.56 Å². The molecule has 3 aromatic rings. The van der Waals surface area contributed by atoms with Crippen molar-refractivity contribution in [3.8, 4) is 0 Å². The van der Waals surface area contributed by atoms with Gasteiger partial charge >= 0.3 is 0 Å². The molecule has 0 aliphatic heterocycles. The molecule has 0 unspecified atom stereocenters. The molecule has 0 radical (unpaired) electrons. The van der Waals surface area contributed by atoms with Gasteiger partial charge in [-0.05, 0) is 25.3 Å². The lowest BCUT2D eigenvalue weighted by Gasteiger charge is -2.21. The summed E-state index contributed by atoms with van der Waals surface area (Å²) in [6.07, 6.45) is 11.5. The fraction of sp³-hybridized carbons (Fsp3) is 0.522. The largest absolute Gasteiger partial charge is 0.353 e. The van der Waals surface area contributed by atoms with Crippen LogP contribution in [0.3, 0.4) is 0 Å². The van der Waals surface area contributed by atoms with Crippen LogP contribution in [-0.2, 0) is 18.4 Å². The highest BCUT2D eigenvalue weighted by molar-refractivity contribution is 6.07. The van der Waals surface area contributed by atoms with Crippen LogP contribution in [0.25, 0.3) is 21.8 Å². The first kappa shape index (κ1) is 19.7. The second-order valence-electron chi connectivity index (χ2n) is 8.22. The van der Waals surface area contributed by atoms with Gasteiger partial charge in [-0.3, -0.25) is 9.59 Å². The lowest BCUT2D eigenvalue weighted by molar-refractivity contribution is -0.122. The van der Waals surface area contributed by atoms with Crippen molar-refractivity contribution in [2.45, 2.75) is 70.4 Å². The molecule has 1 amide bonds. The first-order chi connectivity index (χ1) is 14.1. The summed E-state index contributed by atoms with van der Waals surface area (Å²) in [4.78, 5) is 25.2. The topological polar surface area (TPSA) is 68.9 Å². The minimum Gasteiger partial charge on any atom is -0.353 e. The molecule has 0 saturated heterocycles. The van der Waals surface area contributed by atoms with E-state index < -0.39 is 0 Å². The van der Waals surface area contributed by atoms with Gasteiger partial charge in [-0.15, -0.1) is 0 Å². The maximum atomic E-state index is 12.7. The molecule has 2 heterocycles. The van der Waals surface area contributed by atoms with E-state index in [-0.39, 0.29) is 11.5 Å². The van der Waals surface area contributed by atoms with Gasteiger partial charge in [0, 0.05) is 42.3 Å². The molecule has 6 nitrogen and oxygen atoms in total. The molecule has 154 valence electrons. The number of para-hydroxylation sites is 1. The molecule has 1 aliphatic rings. The number of carbonyl (C=O) groups excluding carboxylic acids is 1. The number of hydrogen-bond donors (Lipinski definition) is 1. The third kappa shape index (κ3) is 4.21. The zero-order chi connectivity index (χ0) is 20.2. The average Bonchev–Trinajstić information content (AvgIpc) is 3.01. The first-order valence-electron chi connectivity index (χ1n) is 10.9. The molecule has 6 heteroatoms. The zero-order valence-corrected chi connectivity index (χ0v) is 17.2. The fourth-order valence-corrected chi connectivity index (χ4v) is 4.57. The summed E-state index contributed by atoms with van der Waals surface area (Å²) in [7, 11) is 1.67. The van der Waals surface area contributed by atoms with Crippen LogP contribution < -0.4 is 10.9 Å². The quantitative estimate of drug-likeness (QED) is 0.714. The van der Waals surface area contributed by atoms with E-state index in [0.29, 0.717) is 30.9 Å². The minimum absolute atomic E-state index is 0.0994. The number of rotatable bonds is 5. The second kappa shape index (κ2) is 8.80. The molecule has 0 atom stereocenters. The Balaban J connectivity index is 1.47. The summed E-state index contributed by atoms with van der Waals surface area (Å²) >= 11 is 0. The van der Waals surface area contributed by atoms with Crippen LogP contribution in [0.1, 0.15) is 57.8 Å². The fourth-order valence-electron chi connectivity index (χ4n) is 4.57. The van der Waals surface area contributed by atoms with E-state index in [1.54, 1.807) is 13.2 Å². The van der Waals surface area contributed by atoms with Gasteiger partial charge in [-0.2, -0.15) is 5.10 Å². The molecule has 0 bridgehead atoms. The van der Waals surface area contributed by atoms with Crippen molar-refractivity contribution >= 4 is 27.7 Å². The van der Waals surface area contributed by atoms with Crippen molar-refractivity contribution in [2.24, 2.45) is 7.05 Å². The summed E-state index contributed by atoms with van der Waals surface area (Å²) < 4.78 is 3.43. The van der Waals surface area contributed by atoms with Gasteiger partial charge in [0.2, 0.25) is 5.91 Å². The Kier molecular flexibility index (Phi) is 5.97. The summed E-state index contributed by atoms with van der Waals surface area (Å²) in [5, 5.41) is 9.33. The molecule has 1 fully saturated rings. The molecule has 0 spiro atoms. The van der Waals surface area contributed by atoms with E-state index in [9.17, 15) is 9.59 Å². The number of hydrogen-bond acceptors (Lipinski definition) is 3. The second-order valence-corrected chi connectivity index (χ2v) is 8.22. The first-order valence-corrected chi connectivity index (χ1v) is 10.9. The number of amides is 1. The van der Waals surface area contributed by atoms with Crippen molar-refractivity contribution in [3.63, 3.8) is 0 Å². The van der Waals surface area contributed by atoms with E-state index in [1.807, 2.05) is 24.3 Å². The van der Waals surface area contributed by atoms with Gasteiger partial charge < -0.3 is 9.88 Å². The maximum absolute atomic E-state index is 12.7. The van der Waals surface area contributed by atoms with Gasteiger partial charge in [-0.25, -0.2) is 4.68 Å². The Morgan fingerprint density at radius 2 is 1.83 bits per heavy atom. The normalized spacial score (nSPS) is 16.0. The van der Waals surface area contributed by atoms with Crippen LogP contribution in [-0.4, -0.2) is 26.3 Å². The Morgan fingerprint density at radius 1 is 1.10 bits per heavy atom. The van der Waals surface area contributed by atoms with Gasteiger partial charge in [0.1, 0.15) is 5.52 Å². The molecule has 1 N–H and O–H groups in total. The number of benzene rings is 1. The SMILES string of the molecule is Cn1ncc2c3ccccc3n(CCCC(=O)NC3CCCCCCC3)c2c1=O. The van der Waals surface area contributed by atoms with Gasteiger partial charge in [0.15, 0.2) is 0 Å². The Bertz CT molecular complexity index is 1060. The number of carbonyl (C=O) groups is 1. The predicted molar refractivity (Wildman–Crippen MR) is 116 cm³/mol. The van der Waals surface area contributed by atoms with E-state index in [1.165, 1.54) is 36.8 Å². The predicted octanol–water partition coefficient (Wildman–Crippen LogP) is 3.90. The van der Waals surface area contributed by atoms with Crippen LogP contribution in [0, 0.1) is 0 Å². The van der Waals surface area contributed by atoms with E-state index in [4.69, 9.17) is 0 Å². The molecule has 29 heavy (non-hydrogen) atoms. The highest BCUT2D eigenvalue weighted by Gasteiger charge is 2.16. The van der Waals surface area contributed by atoms with E-state index in [0.717, 1.165) is 29.1 Å². The third-order valence-corrected chi connectivity index (χ3v) is 6.12. The molecule has 4 rings (SSSR count). The monoisotopic (exact) mass is 394 g/mol. The number of aryl methyl sites for hydroxylation is 2. The lowest BCUT2D eigenvalue weighted by Crippen LogP contribution is -2.35. The Hall–Kier alpha value is -2.63. The molecule has 1 aliphatic carbocycles. The van der Waals surface area contributed by atoms with Crippen LogP contribution in [0.2, 0.25) is 0 Å². The molecular formula is C23H30N4O2. The minimum atomic E-state index is -0.0994. The van der Waals surface area contributed by atoms with Crippen molar-refractivity contribution in [1.29, 1.82) is 0 Å². The van der Waals surface area contributed by atoms with Gasteiger partial charge in [-0.1, -0.05) is 50.3 Å². The van der Waals surface area contributed by atoms with Crippen LogP contribution in [0.5, 0.6) is 0 Å². The smallest absolute Gasteiger partial charge is 0.291 e. The summed E-state index contributed by atoms with van der Waals surface area (Å²) in [5.41, 5.74) is 1.59. The van der Waals surface area contributed by atoms with Crippen LogP contribution in [0.4, 0.5) is 0 Å². The maximum Gasteiger partial charge on any atom is 0.291 e. The highest BCUT2D eigenvalue weighted by atomic mass is 16.1. The summed E-state index contributed by atoms with van der Waals surface area (Å²) in [5.74, 6) is 0.130. The van der Waals surface area contributed by atoms with Crippen LogP contribution in [0.15, 0.2) is 35.3 Å². The molecule has 1 saturated carbocycles. The Morgan fingerprint density at radius 3 is 2.62 bits per heavy atom. The van der Waals surface area contributed by atoms with Crippen molar-refractivity contribution in [1.82, 2.24) is 19.7 Å². The van der Waals surface area contributed by atoms with Crippen LogP contribution >= 0.6 is 0 Å². The number of nitrogens with zero attached hydrogens (tertiary/aromatic N) is 3. The Labute approximate surface area is 170 Å². The number of nitrogens with one attached hydrogen (secondary N) is 1. The van der Waals surface area contributed by atoms with Gasteiger partial charge in [0.05, 0.1) is 6.20 Å². The van der Waals surface area contributed by atoms with E-state index in [2.05, 4.69) is 15.0 Å². The molecular weight excluding hydrogens is 364 g/mol. The molecule has 1 aromatic carbocycles. The van der Waals surface area contributed by atoms with E-state index >= 15 is 0 Å². The standard InChI is InChI=1S/C23H30N4O2/c1-26-23(29)22-19(16-24-26)18-12-7-8-13-20(18)27(22)15-9-14-21(28)25-17-10-5-3-2-4-6-11-17/h7-8,12-13,16-17H,2-6,9-11,14-15H2,1H3,(H,25,28). The average molecular weight is 395 g/mol. The van der Waals surface area contributed by atoms with Crippen molar-refractivity contribution < 1.29 is 4.79 Å². The lowest BCUT2D eigenvalue weighted by atomic mass is 9.96. The number of fused-ring (bicyclic) bond motifs is 3. The number of aromatic nitrogens is 3. The van der Waals surface area contributed by atoms with Crippen molar-refractivity contribution in [3.05, 3.63) is 40.8 Å². The molecule has 2 aromatic heterocycles. The zero-order valence-electron chi connectivity index (χ0n) is 17.2. The van der Waals surface area contributed by atoms with Crippen molar-refractivity contribution in [2.75, 3.05) is 0 Å². The summed E-state index contributed by atoms with van der Waals surface area (Å²) in [6, 6.07) is 8.34.